The van der Waals surface area contributed by atoms with E-state index in [0.717, 1.165) is 0 Å². The van der Waals surface area contributed by atoms with E-state index in [4.69, 9.17) is 0 Å². The molecule has 0 aliphatic rings. The Kier molecular flexibility index (Phi) is 6.01. The van der Waals surface area contributed by atoms with Crippen LogP contribution in [0.5, 0.6) is 0 Å². The molecule has 0 radical (unpaired) electrons. The minimum atomic E-state index is -0.317. The first-order chi connectivity index (χ1) is 11.6. The van der Waals surface area contributed by atoms with Gasteiger partial charge in [0, 0.05) is 37.5 Å². The fourth-order valence-corrected chi connectivity index (χ4v) is 1.91. The molecule has 7 heteroatoms. The lowest BCUT2D eigenvalue weighted by molar-refractivity contribution is -0.118. The van der Waals surface area contributed by atoms with E-state index in [2.05, 4.69) is 20.9 Å². The molecule has 1 aromatic carbocycles. The van der Waals surface area contributed by atoms with E-state index >= 15 is 0 Å². The smallest absolute Gasteiger partial charge is 0.274 e. The highest BCUT2D eigenvalue weighted by Crippen LogP contribution is 2.10. The SMILES string of the molecule is CC(=O)NCCNC(=O)c1ccc(NC(=O)c2ccccn2)cc1. The van der Waals surface area contributed by atoms with E-state index < -0.39 is 0 Å². The Labute approximate surface area is 139 Å². The number of carbonyl (C=O) groups is 3. The molecule has 24 heavy (non-hydrogen) atoms. The fraction of sp³-hybridized carbons (Fsp3) is 0.176. The molecule has 0 fully saturated rings. The van der Waals surface area contributed by atoms with Crippen LogP contribution in [0.2, 0.25) is 0 Å². The van der Waals surface area contributed by atoms with Crippen LogP contribution in [0.1, 0.15) is 27.8 Å². The first-order valence-electron chi connectivity index (χ1n) is 7.41. The van der Waals surface area contributed by atoms with Gasteiger partial charge in [0.2, 0.25) is 5.91 Å². The molecule has 0 aliphatic heterocycles. The van der Waals surface area contributed by atoms with Crippen LogP contribution in [0.4, 0.5) is 5.69 Å². The second kappa shape index (κ2) is 8.42. The summed E-state index contributed by atoms with van der Waals surface area (Å²) < 4.78 is 0. The molecule has 7 nitrogen and oxygen atoms in total. The highest BCUT2D eigenvalue weighted by Gasteiger charge is 2.08. The topological polar surface area (TPSA) is 100 Å². The van der Waals surface area contributed by atoms with Crippen LogP contribution in [0.3, 0.4) is 0 Å². The van der Waals surface area contributed by atoms with Gasteiger partial charge in [-0.25, -0.2) is 0 Å². The molecule has 0 atom stereocenters. The van der Waals surface area contributed by atoms with Crippen LogP contribution in [-0.4, -0.2) is 35.8 Å². The number of hydrogen-bond acceptors (Lipinski definition) is 4. The van der Waals surface area contributed by atoms with E-state index in [-0.39, 0.29) is 17.7 Å². The van der Waals surface area contributed by atoms with Crippen molar-refractivity contribution in [2.75, 3.05) is 18.4 Å². The van der Waals surface area contributed by atoms with Gasteiger partial charge in [0.05, 0.1) is 0 Å². The molecule has 2 rings (SSSR count). The molecule has 124 valence electrons. The van der Waals surface area contributed by atoms with E-state index in [1.807, 2.05) is 0 Å². The Hall–Kier alpha value is -3.22. The maximum Gasteiger partial charge on any atom is 0.274 e. The molecule has 2 aromatic rings. The predicted molar refractivity (Wildman–Crippen MR) is 89.6 cm³/mol. The lowest BCUT2D eigenvalue weighted by Crippen LogP contribution is -2.33. The number of anilines is 1. The number of pyridine rings is 1. The second-order valence-electron chi connectivity index (χ2n) is 4.99. The lowest BCUT2D eigenvalue weighted by Gasteiger charge is -2.07. The summed E-state index contributed by atoms with van der Waals surface area (Å²) in [7, 11) is 0. The van der Waals surface area contributed by atoms with E-state index in [9.17, 15) is 14.4 Å². The van der Waals surface area contributed by atoms with Crippen molar-refractivity contribution in [2.24, 2.45) is 0 Å². The third-order valence-electron chi connectivity index (χ3n) is 3.09. The van der Waals surface area contributed by atoms with E-state index in [1.165, 1.54) is 6.92 Å². The molecule has 3 amide bonds. The third kappa shape index (κ3) is 5.20. The number of nitrogens with one attached hydrogen (secondary N) is 3. The van der Waals surface area contributed by atoms with Gasteiger partial charge >= 0.3 is 0 Å². The summed E-state index contributed by atoms with van der Waals surface area (Å²) in [6.45, 7) is 2.13. The summed E-state index contributed by atoms with van der Waals surface area (Å²) in [4.78, 5) is 38.6. The van der Waals surface area contributed by atoms with Crippen molar-refractivity contribution in [3.05, 3.63) is 59.9 Å². The van der Waals surface area contributed by atoms with Crippen molar-refractivity contribution in [3.8, 4) is 0 Å². The van der Waals surface area contributed by atoms with Crippen molar-refractivity contribution >= 4 is 23.4 Å². The van der Waals surface area contributed by atoms with Crippen LogP contribution < -0.4 is 16.0 Å². The minimum absolute atomic E-state index is 0.141. The Morgan fingerprint density at radius 2 is 1.62 bits per heavy atom. The van der Waals surface area contributed by atoms with Gasteiger partial charge in [-0.15, -0.1) is 0 Å². The zero-order valence-corrected chi connectivity index (χ0v) is 13.2. The van der Waals surface area contributed by atoms with Gasteiger partial charge in [-0.1, -0.05) is 6.07 Å². The molecule has 1 heterocycles. The van der Waals surface area contributed by atoms with Gasteiger partial charge in [-0.05, 0) is 36.4 Å². The molecular weight excluding hydrogens is 308 g/mol. The van der Waals surface area contributed by atoms with Crippen LogP contribution in [-0.2, 0) is 4.79 Å². The van der Waals surface area contributed by atoms with Gasteiger partial charge in [0.15, 0.2) is 0 Å². The van der Waals surface area contributed by atoms with Gasteiger partial charge in [-0.2, -0.15) is 0 Å². The van der Waals surface area contributed by atoms with Crippen LogP contribution in [0.15, 0.2) is 48.7 Å². The summed E-state index contributed by atoms with van der Waals surface area (Å²) >= 11 is 0. The number of carbonyl (C=O) groups excluding carboxylic acids is 3. The average Bonchev–Trinajstić information content (AvgIpc) is 2.59. The highest BCUT2D eigenvalue weighted by molar-refractivity contribution is 6.03. The normalized spacial score (nSPS) is 9.88. The summed E-state index contributed by atoms with van der Waals surface area (Å²) in [5.41, 5.74) is 1.35. The van der Waals surface area contributed by atoms with Crippen LogP contribution >= 0.6 is 0 Å². The van der Waals surface area contributed by atoms with Crippen LogP contribution in [0, 0.1) is 0 Å². The molecule has 1 aromatic heterocycles. The Morgan fingerprint density at radius 1 is 0.917 bits per heavy atom. The van der Waals surface area contributed by atoms with Gasteiger partial charge in [0.1, 0.15) is 5.69 Å². The maximum absolute atomic E-state index is 12.0. The van der Waals surface area contributed by atoms with Crippen molar-refractivity contribution in [3.63, 3.8) is 0 Å². The summed E-state index contributed by atoms with van der Waals surface area (Å²) in [5, 5.41) is 7.99. The zero-order valence-electron chi connectivity index (χ0n) is 13.2. The first kappa shape index (κ1) is 17.1. The zero-order chi connectivity index (χ0) is 17.4. The van der Waals surface area contributed by atoms with E-state index in [1.54, 1.807) is 48.7 Å². The highest BCUT2D eigenvalue weighted by atomic mass is 16.2. The first-order valence-corrected chi connectivity index (χ1v) is 7.41. The van der Waals surface area contributed by atoms with Crippen molar-refractivity contribution in [2.45, 2.75) is 6.92 Å². The minimum Gasteiger partial charge on any atom is -0.355 e. The third-order valence-corrected chi connectivity index (χ3v) is 3.09. The Morgan fingerprint density at radius 3 is 2.25 bits per heavy atom. The summed E-state index contributed by atoms with van der Waals surface area (Å²) in [6.07, 6.45) is 1.54. The largest absolute Gasteiger partial charge is 0.355 e. The van der Waals surface area contributed by atoms with Crippen molar-refractivity contribution in [1.82, 2.24) is 15.6 Å². The fourth-order valence-electron chi connectivity index (χ4n) is 1.91. The van der Waals surface area contributed by atoms with Crippen molar-refractivity contribution < 1.29 is 14.4 Å². The number of benzene rings is 1. The molecular formula is C17H18N4O3. The maximum atomic E-state index is 12.0. The van der Waals surface area contributed by atoms with Gasteiger partial charge < -0.3 is 16.0 Å². The Bertz CT molecular complexity index is 714. The number of hydrogen-bond donors (Lipinski definition) is 3. The molecule has 0 saturated heterocycles. The van der Waals surface area contributed by atoms with Crippen LogP contribution in [0.25, 0.3) is 0 Å². The standard InChI is InChI=1S/C17H18N4O3/c1-12(22)18-10-11-20-16(23)13-5-7-14(8-6-13)21-17(24)15-4-2-3-9-19-15/h2-9H,10-11H2,1H3,(H,18,22)(H,20,23)(H,21,24). The number of nitrogens with zero attached hydrogens (tertiary/aromatic N) is 1. The molecule has 0 aliphatic carbocycles. The average molecular weight is 326 g/mol. The number of amides is 3. The predicted octanol–water partition coefficient (Wildman–Crippen LogP) is 1.20. The summed E-state index contributed by atoms with van der Waals surface area (Å²) in [6, 6.07) is 11.6. The molecule has 0 saturated carbocycles. The quantitative estimate of drug-likeness (QED) is 0.694. The van der Waals surface area contributed by atoms with Gasteiger partial charge in [0.25, 0.3) is 11.8 Å². The van der Waals surface area contributed by atoms with Gasteiger partial charge in [-0.3, -0.25) is 19.4 Å². The summed E-state index contributed by atoms with van der Waals surface area (Å²) in [5.74, 6) is -0.705. The van der Waals surface area contributed by atoms with Crippen molar-refractivity contribution in [1.29, 1.82) is 0 Å². The number of rotatable bonds is 6. The monoisotopic (exact) mass is 326 g/mol. The Balaban J connectivity index is 1.87. The molecule has 3 N–H and O–H groups in total. The molecule has 0 spiro atoms. The second-order valence-corrected chi connectivity index (χ2v) is 4.99. The molecule has 0 unspecified atom stereocenters. The lowest BCUT2D eigenvalue weighted by atomic mass is 10.2. The van der Waals surface area contributed by atoms with E-state index in [0.29, 0.717) is 30.0 Å². The molecule has 0 bridgehead atoms. The number of aromatic nitrogens is 1.